The normalized spacial score (nSPS) is 12.1. The number of rotatable bonds is 3. The molecule has 0 spiro atoms. The van der Waals surface area contributed by atoms with Gasteiger partial charge >= 0.3 is 0 Å². The third-order valence-corrected chi connectivity index (χ3v) is 2.81. The number of aromatic nitrogens is 1. The lowest BCUT2D eigenvalue weighted by Crippen LogP contribution is -2.07. The maximum atomic E-state index is 13.6. The quantitative estimate of drug-likeness (QED) is 0.902. The Hall–Kier alpha value is -2.12. The minimum absolute atomic E-state index is 0.300. The van der Waals surface area contributed by atoms with Crippen molar-refractivity contribution in [3.63, 3.8) is 0 Å². The first-order valence-corrected chi connectivity index (χ1v) is 5.63. The van der Waals surface area contributed by atoms with Gasteiger partial charge in [-0.05, 0) is 37.3 Å². The van der Waals surface area contributed by atoms with Crippen LogP contribution in [0.1, 0.15) is 29.8 Å². The standard InChI is InChI=1S/C14H13FN2O/c1-10(18)14-3-2-6-17(14)9-12-7-11(8-16)4-5-13(12)15/h2-7,10,18H,9H2,1H3. The lowest BCUT2D eigenvalue weighted by molar-refractivity contribution is 0.189. The molecule has 0 saturated heterocycles. The van der Waals surface area contributed by atoms with Crippen molar-refractivity contribution in [1.82, 2.24) is 4.57 Å². The van der Waals surface area contributed by atoms with E-state index in [0.29, 0.717) is 17.7 Å². The molecule has 3 nitrogen and oxygen atoms in total. The second-order valence-electron chi connectivity index (χ2n) is 4.15. The summed E-state index contributed by atoms with van der Waals surface area (Å²) in [4.78, 5) is 0. The Bertz CT molecular complexity index is 596. The number of benzene rings is 1. The van der Waals surface area contributed by atoms with E-state index in [1.165, 1.54) is 18.2 Å². The van der Waals surface area contributed by atoms with Gasteiger partial charge in [-0.25, -0.2) is 4.39 Å². The minimum Gasteiger partial charge on any atom is -0.387 e. The summed E-state index contributed by atoms with van der Waals surface area (Å²) in [7, 11) is 0. The Morgan fingerprint density at radius 1 is 1.44 bits per heavy atom. The fourth-order valence-electron chi connectivity index (χ4n) is 1.90. The molecule has 0 amide bonds. The molecule has 0 radical (unpaired) electrons. The molecule has 1 N–H and O–H groups in total. The van der Waals surface area contributed by atoms with Crippen LogP contribution in [0.4, 0.5) is 4.39 Å². The summed E-state index contributed by atoms with van der Waals surface area (Å²) < 4.78 is 15.4. The summed E-state index contributed by atoms with van der Waals surface area (Å²) in [5, 5.41) is 18.4. The summed E-state index contributed by atoms with van der Waals surface area (Å²) >= 11 is 0. The zero-order chi connectivity index (χ0) is 13.1. The zero-order valence-corrected chi connectivity index (χ0v) is 9.97. The summed E-state index contributed by atoms with van der Waals surface area (Å²) in [5.74, 6) is -0.348. The highest BCUT2D eigenvalue weighted by atomic mass is 19.1. The predicted octanol–water partition coefficient (Wildman–Crippen LogP) is 2.60. The van der Waals surface area contributed by atoms with E-state index in [1.54, 1.807) is 29.8 Å². The van der Waals surface area contributed by atoms with E-state index in [9.17, 15) is 9.50 Å². The number of nitriles is 1. The van der Waals surface area contributed by atoms with Gasteiger partial charge in [0.25, 0.3) is 0 Å². The number of aliphatic hydroxyl groups excluding tert-OH is 1. The van der Waals surface area contributed by atoms with Crippen molar-refractivity contribution in [2.24, 2.45) is 0 Å². The third kappa shape index (κ3) is 2.41. The van der Waals surface area contributed by atoms with Crippen molar-refractivity contribution >= 4 is 0 Å². The van der Waals surface area contributed by atoms with Gasteiger partial charge < -0.3 is 9.67 Å². The number of aliphatic hydroxyl groups is 1. The molecule has 18 heavy (non-hydrogen) atoms. The molecule has 4 heteroatoms. The Kier molecular flexibility index (Phi) is 3.45. The van der Waals surface area contributed by atoms with Gasteiger partial charge in [0.15, 0.2) is 0 Å². The van der Waals surface area contributed by atoms with E-state index in [0.717, 1.165) is 5.69 Å². The lowest BCUT2D eigenvalue weighted by atomic mass is 10.1. The van der Waals surface area contributed by atoms with Crippen molar-refractivity contribution < 1.29 is 9.50 Å². The highest BCUT2D eigenvalue weighted by molar-refractivity contribution is 5.34. The predicted molar refractivity (Wildman–Crippen MR) is 65.3 cm³/mol. The van der Waals surface area contributed by atoms with Crippen LogP contribution in [0, 0.1) is 17.1 Å². The molecule has 2 rings (SSSR count). The highest BCUT2D eigenvalue weighted by Crippen LogP contribution is 2.17. The molecule has 1 atom stereocenters. The molecule has 0 aliphatic carbocycles. The first-order valence-electron chi connectivity index (χ1n) is 5.63. The minimum atomic E-state index is -0.609. The number of halogens is 1. The summed E-state index contributed by atoms with van der Waals surface area (Å²) in [6, 6.07) is 9.84. The highest BCUT2D eigenvalue weighted by Gasteiger charge is 2.09. The van der Waals surface area contributed by atoms with Gasteiger partial charge in [-0.3, -0.25) is 0 Å². The van der Waals surface area contributed by atoms with Crippen LogP contribution in [-0.4, -0.2) is 9.67 Å². The van der Waals surface area contributed by atoms with Crippen LogP contribution in [0.25, 0.3) is 0 Å². The van der Waals surface area contributed by atoms with Crippen LogP contribution in [0.15, 0.2) is 36.5 Å². The van der Waals surface area contributed by atoms with Crippen molar-refractivity contribution in [1.29, 1.82) is 5.26 Å². The second-order valence-corrected chi connectivity index (χ2v) is 4.15. The Morgan fingerprint density at radius 3 is 2.89 bits per heavy atom. The van der Waals surface area contributed by atoms with Gasteiger partial charge in [0, 0.05) is 17.5 Å². The summed E-state index contributed by atoms with van der Waals surface area (Å²) in [6.45, 7) is 1.96. The smallest absolute Gasteiger partial charge is 0.128 e. The average molecular weight is 244 g/mol. The van der Waals surface area contributed by atoms with Crippen LogP contribution in [0.5, 0.6) is 0 Å². The van der Waals surface area contributed by atoms with Gasteiger partial charge in [0.05, 0.1) is 24.3 Å². The van der Waals surface area contributed by atoms with Crippen LogP contribution in [0.2, 0.25) is 0 Å². The fourth-order valence-corrected chi connectivity index (χ4v) is 1.90. The number of hydrogen-bond donors (Lipinski definition) is 1. The van der Waals surface area contributed by atoms with Gasteiger partial charge in [-0.15, -0.1) is 0 Å². The van der Waals surface area contributed by atoms with Crippen LogP contribution >= 0.6 is 0 Å². The molecule has 0 aliphatic rings. The molecule has 1 unspecified atom stereocenters. The first kappa shape index (κ1) is 12.3. The van der Waals surface area contributed by atoms with Crippen molar-refractivity contribution in [2.75, 3.05) is 0 Å². The number of nitrogens with zero attached hydrogens (tertiary/aromatic N) is 2. The Balaban J connectivity index is 2.34. The molecule has 0 saturated carbocycles. The maximum Gasteiger partial charge on any atom is 0.128 e. The SMILES string of the molecule is CC(O)c1cccn1Cc1cc(C#N)ccc1F. The molecular formula is C14H13FN2O. The van der Waals surface area contributed by atoms with Crippen LogP contribution in [-0.2, 0) is 6.54 Å². The molecule has 0 aliphatic heterocycles. The largest absolute Gasteiger partial charge is 0.387 e. The van der Waals surface area contributed by atoms with Crippen LogP contribution in [0.3, 0.4) is 0 Å². The molecule has 1 heterocycles. The second kappa shape index (κ2) is 5.03. The average Bonchev–Trinajstić information content (AvgIpc) is 2.80. The molecule has 92 valence electrons. The maximum absolute atomic E-state index is 13.6. The monoisotopic (exact) mass is 244 g/mol. The van der Waals surface area contributed by atoms with Crippen molar-refractivity contribution in [3.8, 4) is 6.07 Å². The van der Waals surface area contributed by atoms with E-state index in [2.05, 4.69) is 0 Å². The van der Waals surface area contributed by atoms with Crippen molar-refractivity contribution in [2.45, 2.75) is 19.6 Å². The zero-order valence-electron chi connectivity index (χ0n) is 9.97. The van der Waals surface area contributed by atoms with Gasteiger partial charge in [0.1, 0.15) is 5.82 Å². The van der Waals surface area contributed by atoms with E-state index >= 15 is 0 Å². The first-order chi connectivity index (χ1) is 8.61. The topological polar surface area (TPSA) is 49.0 Å². The van der Waals surface area contributed by atoms with E-state index in [1.807, 2.05) is 6.07 Å². The Labute approximate surface area is 105 Å². The number of hydrogen-bond acceptors (Lipinski definition) is 2. The van der Waals surface area contributed by atoms with E-state index in [-0.39, 0.29) is 5.82 Å². The van der Waals surface area contributed by atoms with Gasteiger partial charge in [-0.2, -0.15) is 5.26 Å². The van der Waals surface area contributed by atoms with Crippen LogP contribution < -0.4 is 0 Å². The Morgan fingerprint density at radius 2 is 2.22 bits per heavy atom. The van der Waals surface area contributed by atoms with Gasteiger partial charge in [-0.1, -0.05) is 0 Å². The van der Waals surface area contributed by atoms with Gasteiger partial charge in [0.2, 0.25) is 0 Å². The molecule has 0 fully saturated rings. The van der Waals surface area contributed by atoms with Crippen molar-refractivity contribution in [3.05, 3.63) is 59.2 Å². The fraction of sp³-hybridized carbons (Fsp3) is 0.214. The van der Waals surface area contributed by atoms with E-state index < -0.39 is 6.10 Å². The molecule has 2 aromatic rings. The molecule has 1 aromatic heterocycles. The molecular weight excluding hydrogens is 231 g/mol. The lowest BCUT2D eigenvalue weighted by Gasteiger charge is -2.12. The molecule has 1 aromatic carbocycles. The summed E-state index contributed by atoms with van der Waals surface area (Å²) in [6.07, 6.45) is 1.17. The third-order valence-electron chi connectivity index (χ3n) is 2.81. The summed E-state index contributed by atoms with van der Waals surface area (Å²) in [5.41, 5.74) is 1.58. The van der Waals surface area contributed by atoms with E-state index in [4.69, 9.17) is 5.26 Å². The molecule has 0 bridgehead atoms.